The highest BCUT2D eigenvalue weighted by molar-refractivity contribution is 5.80. The second-order valence-electron chi connectivity index (χ2n) is 6.90. The molecule has 1 rings (SSSR count). The Morgan fingerprint density at radius 3 is 2.24 bits per heavy atom. The van der Waals surface area contributed by atoms with E-state index < -0.39 is 6.09 Å². The van der Waals surface area contributed by atoms with Gasteiger partial charge in [-0.05, 0) is 17.4 Å². The normalized spacial score (nSPS) is 11.0. The maximum absolute atomic E-state index is 12.4. The minimum absolute atomic E-state index is 0.0316. The molecule has 7 nitrogen and oxygen atoms in total. The van der Waals surface area contributed by atoms with Crippen LogP contribution in [-0.2, 0) is 16.1 Å². The number of benzene rings is 1. The summed E-state index contributed by atoms with van der Waals surface area (Å²) in [5, 5.41) is 2.73. The van der Waals surface area contributed by atoms with Crippen molar-refractivity contribution in [3.63, 3.8) is 0 Å². The van der Waals surface area contributed by atoms with Gasteiger partial charge in [0.2, 0.25) is 0 Å². The van der Waals surface area contributed by atoms with Gasteiger partial charge >= 0.3 is 6.09 Å². The molecule has 1 aromatic rings. The van der Waals surface area contributed by atoms with Crippen LogP contribution in [0.3, 0.4) is 0 Å². The van der Waals surface area contributed by atoms with Gasteiger partial charge in [-0.25, -0.2) is 20.2 Å². The summed E-state index contributed by atoms with van der Waals surface area (Å²) in [6, 6.07) is 9.36. The van der Waals surface area contributed by atoms with E-state index in [1.54, 1.807) is 0 Å². The van der Waals surface area contributed by atoms with E-state index in [1.807, 2.05) is 58.0 Å². The van der Waals surface area contributed by atoms with Crippen molar-refractivity contribution in [1.82, 2.24) is 15.4 Å². The predicted octanol–water partition coefficient (Wildman–Crippen LogP) is 2.14. The molecular formula is C18H30N4O3. The van der Waals surface area contributed by atoms with Crippen LogP contribution in [-0.4, -0.2) is 41.7 Å². The Kier molecular flexibility index (Phi) is 8.94. The number of hydrogen-bond donors (Lipinski definition) is 2. The van der Waals surface area contributed by atoms with Crippen molar-refractivity contribution < 1.29 is 14.3 Å². The Hall–Kier alpha value is -2.12. The molecule has 0 saturated heterocycles. The van der Waals surface area contributed by atoms with E-state index in [9.17, 15) is 9.59 Å². The molecule has 2 amide bonds. The molecule has 0 spiro atoms. The second kappa shape index (κ2) is 10.7. The fraction of sp³-hybridized carbons (Fsp3) is 0.556. The van der Waals surface area contributed by atoms with Crippen molar-refractivity contribution in [3.05, 3.63) is 35.9 Å². The minimum atomic E-state index is -0.662. The van der Waals surface area contributed by atoms with Gasteiger partial charge in [-0.2, -0.15) is 0 Å². The first kappa shape index (κ1) is 20.9. The van der Waals surface area contributed by atoms with Crippen molar-refractivity contribution in [2.75, 3.05) is 19.6 Å². The van der Waals surface area contributed by atoms with Gasteiger partial charge < -0.3 is 4.74 Å². The van der Waals surface area contributed by atoms with Gasteiger partial charge in [-0.3, -0.25) is 10.6 Å². The van der Waals surface area contributed by atoms with E-state index in [0.717, 1.165) is 5.56 Å². The largest absolute Gasteiger partial charge is 0.443 e. The molecule has 0 bridgehead atoms. The number of hydrazine groups is 2. The van der Waals surface area contributed by atoms with Crippen LogP contribution in [0.5, 0.6) is 0 Å². The van der Waals surface area contributed by atoms with Crippen LogP contribution in [0.15, 0.2) is 30.3 Å². The molecule has 0 fully saturated rings. The lowest BCUT2D eigenvalue weighted by Crippen LogP contribution is -2.52. The number of carbonyl (C=O) groups is 2. The summed E-state index contributed by atoms with van der Waals surface area (Å²) in [6.45, 7) is 9.13. The number of ether oxygens (including phenoxy) is 1. The van der Waals surface area contributed by atoms with E-state index in [0.29, 0.717) is 19.0 Å². The molecule has 0 radical (unpaired) electrons. The maximum atomic E-state index is 12.4. The van der Waals surface area contributed by atoms with Crippen molar-refractivity contribution in [2.45, 2.75) is 34.3 Å². The number of carbonyl (C=O) groups excluding carboxylic acids is 2. The van der Waals surface area contributed by atoms with Crippen LogP contribution < -0.4 is 11.3 Å². The molecule has 0 aliphatic heterocycles. The van der Waals surface area contributed by atoms with Crippen molar-refractivity contribution >= 4 is 12.0 Å². The highest BCUT2D eigenvalue weighted by Gasteiger charge is 2.20. The summed E-state index contributed by atoms with van der Waals surface area (Å²) in [5.41, 5.74) is 3.40. The molecule has 0 aromatic heterocycles. The Balaban J connectivity index is 2.55. The van der Waals surface area contributed by atoms with Gasteiger partial charge in [-0.15, -0.1) is 0 Å². The first-order valence-corrected chi connectivity index (χ1v) is 8.55. The fourth-order valence-electron chi connectivity index (χ4n) is 2.23. The standard InChI is InChI=1S/C18H30N4O3/c1-14(2)10-21(19)12-17(23)22(11-15(3)4)20-18(24)25-13-16-8-6-5-7-9-16/h5-9,14-15H,10-13,19H2,1-4H3,(H,20,24). The highest BCUT2D eigenvalue weighted by atomic mass is 16.6. The van der Waals surface area contributed by atoms with Crippen molar-refractivity contribution in [1.29, 1.82) is 0 Å². The van der Waals surface area contributed by atoms with Gasteiger partial charge in [0.1, 0.15) is 6.61 Å². The van der Waals surface area contributed by atoms with Crippen LogP contribution in [0.2, 0.25) is 0 Å². The molecule has 3 N–H and O–H groups in total. The third-order valence-electron chi connectivity index (χ3n) is 3.23. The number of rotatable bonds is 8. The lowest BCUT2D eigenvalue weighted by molar-refractivity contribution is -0.136. The second-order valence-corrected chi connectivity index (χ2v) is 6.90. The number of hydrogen-bond acceptors (Lipinski definition) is 5. The Morgan fingerprint density at radius 1 is 1.08 bits per heavy atom. The zero-order valence-electron chi connectivity index (χ0n) is 15.6. The fourth-order valence-corrected chi connectivity index (χ4v) is 2.23. The SMILES string of the molecule is CC(C)CN(N)CC(=O)N(CC(C)C)NC(=O)OCc1ccccc1. The number of nitrogens with one attached hydrogen (secondary N) is 1. The zero-order chi connectivity index (χ0) is 18.8. The minimum Gasteiger partial charge on any atom is -0.443 e. The summed E-state index contributed by atoms with van der Waals surface area (Å²) < 4.78 is 5.17. The number of nitrogens with two attached hydrogens (primary N) is 1. The van der Waals surface area contributed by atoms with Crippen LogP contribution >= 0.6 is 0 Å². The molecule has 25 heavy (non-hydrogen) atoms. The monoisotopic (exact) mass is 350 g/mol. The average molecular weight is 350 g/mol. The zero-order valence-corrected chi connectivity index (χ0v) is 15.6. The first-order valence-electron chi connectivity index (χ1n) is 8.55. The van der Waals surface area contributed by atoms with Gasteiger partial charge in [-0.1, -0.05) is 58.0 Å². The quantitative estimate of drug-likeness (QED) is 0.554. The molecule has 0 atom stereocenters. The number of amides is 2. The molecule has 1 aromatic carbocycles. The molecule has 0 saturated carbocycles. The van der Waals surface area contributed by atoms with E-state index in [2.05, 4.69) is 5.43 Å². The molecule has 0 aliphatic carbocycles. The molecular weight excluding hydrogens is 320 g/mol. The molecule has 0 aliphatic rings. The van der Waals surface area contributed by atoms with Gasteiger partial charge in [0, 0.05) is 13.1 Å². The van der Waals surface area contributed by atoms with E-state index in [1.165, 1.54) is 10.0 Å². The Labute approximate surface area is 150 Å². The number of nitrogens with zero attached hydrogens (tertiary/aromatic N) is 2. The Morgan fingerprint density at radius 2 is 1.68 bits per heavy atom. The summed E-state index contributed by atoms with van der Waals surface area (Å²) >= 11 is 0. The molecule has 0 unspecified atom stereocenters. The van der Waals surface area contributed by atoms with Gasteiger partial charge in [0.25, 0.3) is 5.91 Å². The van der Waals surface area contributed by atoms with Gasteiger partial charge in [0.15, 0.2) is 0 Å². The topological polar surface area (TPSA) is 87.9 Å². The lowest BCUT2D eigenvalue weighted by Gasteiger charge is -2.27. The van der Waals surface area contributed by atoms with E-state index >= 15 is 0 Å². The van der Waals surface area contributed by atoms with Crippen LogP contribution in [0, 0.1) is 11.8 Å². The summed E-state index contributed by atoms with van der Waals surface area (Å²) in [7, 11) is 0. The van der Waals surface area contributed by atoms with Crippen LogP contribution in [0.4, 0.5) is 4.79 Å². The smallest absolute Gasteiger partial charge is 0.426 e. The maximum Gasteiger partial charge on any atom is 0.426 e. The van der Waals surface area contributed by atoms with Crippen LogP contribution in [0.25, 0.3) is 0 Å². The van der Waals surface area contributed by atoms with Crippen molar-refractivity contribution in [2.24, 2.45) is 17.7 Å². The first-order chi connectivity index (χ1) is 11.8. The summed E-state index contributed by atoms with van der Waals surface area (Å²) in [6.07, 6.45) is -0.662. The third kappa shape index (κ3) is 9.07. The Bertz CT molecular complexity index is 534. The molecule has 7 heteroatoms. The van der Waals surface area contributed by atoms with E-state index in [-0.39, 0.29) is 25.0 Å². The average Bonchev–Trinajstić information content (AvgIpc) is 2.52. The summed E-state index contributed by atoms with van der Waals surface area (Å²) in [4.78, 5) is 24.4. The van der Waals surface area contributed by atoms with Gasteiger partial charge in [0.05, 0.1) is 6.54 Å². The lowest BCUT2D eigenvalue weighted by atomic mass is 10.2. The van der Waals surface area contributed by atoms with Crippen molar-refractivity contribution in [3.8, 4) is 0 Å². The highest BCUT2D eigenvalue weighted by Crippen LogP contribution is 2.03. The third-order valence-corrected chi connectivity index (χ3v) is 3.23. The molecule has 140 valence electrons. The van der Waals surface area contributed by atoms with E-state index in [4.69, 9.17) is 10.6 Å². The molecule has 0 heterocycles. The predicted molar refractivity (Wildman–Crippen MR) is 96.9 cm³/mol. The summed E-state index contributed by atoms with van der Waals surface area (Å²) in [5.74, 6) is 6.12. The van der Waals surface area contributed by atoms with Crippen LogP contribution in [0.1, 0.15) is 33.3 Å².